The summed E-state index contributed by atoms with van der Waals surface area (Å²) >= 11 is 5.89. The maximum absolute atomic E-state index is 11.8. The maximum Gasteiger partial charge on any atom is 0.252 e. The van der Waals surface area contributed by atoms with E-state index in [0.717, 1.165) is 25.9 Å². The Morgan fingerprint density at radius 3 is 2.89 bits per heavy atom. The molecule has 7 heteroatoms. The van der Waals surface area contributed by atoms with Crippen molar-refractivity contribution in [2.45, 2.75) is 19.3 Å². The van der Waals surface area contributed by atoms with Gasteiger partial charge in [0, 0.05) is 26.5 Å². The number of hydrazine groups is 1. The van der Waals surface area contributed by atoms with Crippen molar-refractivity contribution in [2.75, 3.05) is 25.7 Å². The van der Waals surface area contributed by atoms with Gasteiger partial charge in [-0.05, 0) is 25.3 Å². The molecule has 0 aromatic carbocycles. The average molecular weight is 287 g/mol. The molecule has 1 amide bonds. The molecular formula is C12H19ClN4O2. The van der Waals surface area contributed by atoms with Crippen LogP contribution in [0.15, 0.2) is 12.3 Å². The van der Waals surface area contributed by atoms with E-state index in [-0.39, 0.29) is 5.91 Å². The molecule has 106 valence electrons. The van der Waals surface area contributed by atoms with E-state index in [1.807, 2.05) is 0 Å². The van der Waals surface area contributed by atoms with Crippen LogP contribution in [0.25, 0.3) is 0 Å². The van der Waals surface area contributed by atoms with Gasteiger partial charge >= 0.3 is 0 Å². The monoisotopic (exact) mass is 286 g/mol. The van der Waals surface area contributed by atoms with Crippen LogP contribution in [0.2, 0.25) is 5.02 Å². The van der Waals surface area contributed by atoms with E-state index in [2.05, 4.69) is 15.7 Å². The summed E-state index contributed by atoms with van der Waals surface area (Å²) in [5.74, 6) is 5.36. The molecule has 0 radical (unpaired) electrons. The minimum atomic E-state index is -0.190. The van der Waals surface area contributed by atoms with Crippen LogP contribution in [0.3, 0.4) is 0 Å². The number of hydrogen-bond donors (Lipinski definition) is 3. The van der Waals surface area contributed by atoms with E-state index >= 15 is 0 Å². The molecule has 19 heavy (non-hydrogen) atoms. The van der Waals surface area contributed by atoms with E-state index in [4.69, 9.17) is 22.2 Å². The van der Waals surface area contributed by atoms with Crippen LogP contribution in [0.4, 0.5) is 5.82 Å². The highest BCUT2D eigenvalue weighted by atomic mass is 35.5. The van der Waals surface area contributed by atoms with Gasteiger partial charge in [-0.25, -0.2) is 10.8 Å². The van der Waals surface area contributed by atoms with Crippen LogP contribution < -0.4 is 16.6 Å². The number of ether oxygens (including phenoxy) is 1. The first-order chi connectivity index (χ1) is 9.19. The molecule has 1 aromatic heterocycles. The van der Waals surface area contributed by atoms with E-state index in [0.29, 0.717) is 22.9 Å². The van der Waals surface area contributed by atoms with Crippen LogP contribution in [0.5, 0.6) is 0 Å². The predicted octanol–water partition coefficient (Wildman–Crippen LogP) is 1.57. The van der Waals surface area contributed by atoms with Gasteiger partial charge in [0.15, 0.2) is 5.82 Å². The number of pyridine rings is 1. The molecule has 0 atom stereocenters. The zero-order valence-corrected chi connectivity index (χ0v) is 11.7. The fourth-order valence-corrected chi connectivity index (χ4v) is 1.74. The Kier molecular flexibility index (Phi) is 7.17. The molecule has 0 bridgehead atoms. The minimum absolute atomic E-state index is 0.190. The maximum atomic E-state index is 11.8. The quantitative estimate of drug-likeness (QED) is 0.383. The first-order valence-corrected chi connectivity index (χ1v) is 6.46. The molecule has 1 heterocycles. The number of anilines is 1. The van der Waals surface area contributed by atoms with Crippen LogP contribution in [-0.2, 0) is 4.74 Å². The highest BCUT2D eigenvalue weighted by Crippen LogP contribution is 2.18. The molecule has 1 rings (SSSR count). The van der Waals surface area contributed by atoms with Crippen molar-refractivity contribution < 1.29 is 9.53 Å². The second-order valence-electron chi connectivity index (χ2n) is 4.01. The average Bonchev–Trinajstić information content (AvgIpc) is 2.42. The number of methoxy groups -OCH3 is 1. The number of carbonyl (C=O) groups excluding carboxylic acids is 1. The molecule has 6 nitrogen and oxygen atoms in total. The Bertz CT molecular complexity index is 415. The summed E-state index contributed by atoms with van der Waals surface area (Å²) in [4.78, 5) is 15.7. The van der Waals surface area contributed by atoms with Gasteiger partial charge in [0.2, 0.25) is 0 Å². The number of unbranched alkanes of at least 4 members (excludes halogenated alkanes) is 2. The number of rotatable bonds is 8. The highest BCUT2D eigenvalue weighted by molar-refractivity contribution is 6.33. The third-order valence-electron chi connectivity index (χ3n) is 2.55. The number of nitrogens with two attached hydrogens (primary N) is 1. The topological polar surface area (TPSA) is 89.3 Å². The number of nitrogens with zero attached hydrogens (tertiary/aromatic N) is 1. The lowest BCUT2D eigenvalue weighted by Crippen LogP contribution is -2.24. The van der Waals surface area contributed by atoms with Crippen molar-refractivity contribution in [3.05, 3.63) is 22.8 Å². The number of nitrogen functional groups attached to an aromatic ring is 1. The second kappa shape index (κ2) is 8.68. The third-order valence-corrected chi connectivity index (χ3v) is 2.84. The van der Waals surface area contributed by atoms with E-state index in [1.54, 1.807) is 7.11 Å². The Morgan fingerprint density at radius 2 is 2.26 bits per heavy atom. The van der Waals surface area contributed by atoms with Gasteiger partial charge in [-0.1, -0.05) is 11.6 Å². The van der Waals surface area contributed by atoms with Crippen molar-refractivity contribution in [1.29, 1.82) is 0 Å². The summed E-state index contributed by atoms with van der Waals surface area (Å²) in [6.45, 7) is 1.37. The van der Waals surface area contributed by atoms with Gasteiger partial charge < -0.3 is 15.5 Å². The standard InChI is InChI=1S/C12H19ClN4O2/c1-19-6-4-2-3-5-15-12(18)9-7-10(13)11(17-14)16-8-9/h7-8H,2-6,14H2,1H3,(H,15,18)(H,16,17). The molecule has 0 fully saturated rings. The van der Waals surface area contributed by atoms with Gasteiger partial charge in [0.25, 0.3) is 5.91 Å². The van der Waals surface area contributed by atoms with Crippen molar-refractivity contribution in [3.8, 4) is 0 Å². The summed E-state index contributed by atoms with van der Waals surface area (Å²) in [7, 11) is 1.68. The van der Waals surface area contributed by atoms with Crippen molar-refractivity contribution in [1.82, 2.24) is 10.3 Å². The normalized spacial score (nSPS) is 10.3. The molecule has 0 spiro atoms. The molecule has 0 unspecified atom stereocenters. The van der Waals surface area contributed by atoms with E-state index in [1.165, 1.54) is 12.3 Å². The molecule has 0 aliphatic carbocycles. The number of aromatic nitrogens is 1. The first kappa shape index (κ1) is 15.7. The smallest absolute Gasteiger partial charge is 0.252 e. The van der Waals surface area contributed by atoms with Gasteiger partial charge in [0.05, 0.1) is 10.6 Å². The van der Waals surface area contributed by atoms with E-state index in [9.17, 15) is 4.79 Å². The fraction of sp³-hybridized carbons (Fsp3) is 0.500. The molecule has 1 aromatic rings. The number of hydrogen-bond acceptors (Lipinski definition) is 5. The van der Waals surface area contributed by atoms with Gasteiger partial charge in [-0.15, -0.1) is 0 Å². The highest BCUT2D eigenvalue weighted by Gasteiger charge is 2.08. The Balaban J connectivity index is 2.35. The molecule has 0 aliphatic rings. The van der Waals surface area contributed by atoms with Crippen molar-refractivity contribution in [3.63, 3.8) is 0 Å². The van der Waals surface area contributed by atoms with Gasteiger partial charge in [-0.2, -0.15) is 0 Å². The largest absolute Gasteiger partial charge is 0.385 e. The summed E-state index contributed by atoms with van der Waals surface area (Å²) < 4.78 is 4.95. The predicted molar refractivity (Wildman–Crippen MR) is 75.1 cm³/mol. The summed E-state index contributed by atoms with van der Waals surface area (Å²) in [6.07, 6.45) is 4.36. The lowest BCUT2D eigenvalue weighted by molar-refractivity contribution is 0.0952. The molecule has 0 saturated heterocycles. The molecular weight excluding hydrogens is 268 g/mol. The number of carbonyl (C=O) groups is 1. The fourth-order valence-electron chi connectivity index (χ4n) is 1.52. The van der Waals surface area contributed by atoms with E-state index < -0.39 is 0 Å². The summed E-state index contributed by atoms with van der Waals surface area (Å²) in [5, 5.41) is 3.13. The second-order valence-corrected chi connectivity index (χ2v) is 4.42. The zero-order chi connectivity index (χ0) is 14.1. The number of halogens is 1. The number of amides is 1. The van der Waals surface area contributed by atoms with Crippen LogP contribution in [0.1, 0.15) is 29.6 Å². The summed E-state index contributed by atoms with van der Waals surface area (Å²) in [5.41, 5.74) is 2.76. The lowest BCUT2D eigenvalue weighted by atomic mass is 10.2. The lowest BCUT2D eigenvalue weighted by Gasteiger charge is -2.07. The Hall–Kier alpha value is -1.37. The van der Waals surface area contributed by atoms with Crippen molar-refractivity contribution >= 4 is 23.3 Å². The Morgan fingerprint density at radius 1 is 1.47 bits per heavy atom. The number of nitrogens with one attached hydrogen (secondary N) is 2. The third kappa shape index (κ3) is 5.42. The van der Waals surface area contributed by atoms with Crippen LogP contribution in [-0.4, -0.2) is 31.2 Å². The van der Waals surface area contributed by atoms with Gasteiger partial charge in [0.1, 0.15) is 0 Å². The minimum Gasteiger partial charge on any atom is -0.385 e. The molecule has 0 saturated carbocycles. The molecule has 0 aliphatic heterocycles. The molecule has 4 N–H and O–H groups in total. The van der Waals surface area contributed by atoms with Gasteiger partial charge in [-0.3, -0.25) is 4.79 Å². The Labute approximate surface area is 117 Å². The summed E-state index contributed by atoms with van der Waals surface area (Å²) in [6, 6.07) is 1.53. The zero-order valence-electron chi connectivity index (χ0n) is 10.9. The van der Waals surface area contributed by atoms with Crippen molar-refractivity contribution in [2.24, 2.45) is 5.84 Å². The van der Waals surface area contributed by atoms with Crippen LogP contribution in [0, 0.1) is 0 Å². The SMILES string of the molecule is COCCCCCNC(=O)c1cnc(NN)c(Cl)c1. The van der Waals surface area contributed by atoms with Crippen LogP contribution >= 0.6 is 11.6 Å². The first-order valence-electron chi connectivity index (χ1n) is 6.08.